The Morgan fingerprint density at radius 1 is 1.16 bits per heavy atom. The number of aliphatic imine (C=N–C) groups is 1. The second-order valence-corrected chi connectivity index (χ2v) is 7.63. The van der Waals surface area contributed by atoms with Crippen LogP contribution in [0.2, 0.25) is 0 Å². The molecule has 0 saturated carbocycles. The average Bonchev–Trinajstić information content (AvgIpc) is 3.16. The van der Waals surface area contributed by atoms with E-state index in [0.29, 0.717) is 26.4 Å². The zero-order valence-electron chi connectivity index (χ0n) is 18.5. The molecule has 1 saturated heterocycles. The van der Waals surface area contributed by atoms with Gasteiger partial charge in [-0.15, -0.1) is 0 Å². The minimum absolute atomic E-state index is 0.268. The van der Waals surface area contributed by atoms with Crippen molar-refractivity contribution in [2.45, 2.75) is 44.9 Å². The van der Waals surface area contributed by atoms with Crippen molar-refractivity contribution in [3.05, 3.63) is 35.4 Å². The first-order valence-corrected chi connectivity index (χ1v) is 10.9. The summed E-state index contributed by atoms with van der Waals surface area (Å²) in [6, 6.07) is 5.70. The lowest BCUT2D eigenvalue weighted by atomic mass is 10.1. The molecule has 176 valence electrons. The zero-order chi connectivity index (χ0) is 22.5. The van der Waals surface area contributed by atoms with E-state index < -0.39 is 11.7 Å². The van der Waals surface area contributed by atoms with Gasteiger partial charge in [0.25, 0.3) is 0 Å². The number of guanidine groups is 1. The zero-order valence-corrected chi connectivity index (χ0v) is 18.5. The highest BCUT2D eigenvalue weighted by Crippen LogP contribution is 2.29. The van der Waals surface area contributed by atoms with Gasteiger partial charge in [0.1, 0.15) is 0 Å². The fourth-order valence-electron chi connectivity index (χ4n) is 3.42. The third kappa shape index (κ3) is 9.88. The van der Waals surface area contributed by atoms with Crippen LogP contribution in [0.4, 0.5) is 13.2 Å². The minimum atomic E-state index is -4.29. The number of nitrogens with zero attached hydrogens (tertiary/aromatic N) is 2. The summed E-state index contributed by atoms with van der Waals surface area (Å²) in [4.78, 5) is 6.89. The smallest absolute Gasteiger partial charge is 0.382 e. The molecule has 2 rings (SSSR count). The van der Waals surface area contributed by atoms with Crippen LogP contribution in [0, 0.1) is 0 Å². The summed E-state index contributed by atoms with van der Waals surface area (Å²) >= 11 is 0. The van der Waals surface area contributed by atoms with Crippen molar-refractivity contribution in [2.24, 2.45) is 4.99 Å². The lowest BCUT2D eigenvalue weighted by Crippen LogP contribution is -2.44. The molecule has 0 aromatic heterocycles. The maximum atomic E-state index is 12.7. The Morgan fingerprint density at radius 3 is 2.61 bits per heavy atom. The van der Waals surface area contributed by atoms with E-state index in [0.717, 1.165) is 69.1 Å². The summed E-state index contributed by atoms with van der Waals surface area (Å²) in [6.45, 7) is 7.87. The van der Waals surface area contributed by atoms with E-state index in [1.165, 1.54) is 0 Å². The highest BCUT2D eigenvalue weighted by atomic mass is 19.4. The number of alkyl halides is 3. The van der Waals surface area contributed by atoms with E-state index in [2.05, 4.69) is 20.5 Å². The molecule has 1 atom stereocenters. The van der Waals surface area contributed by atoms with Gasteiger partial charge in [-0.3, -0.25) is 9.89 Å². The van der Waals surface area contributed by atoms with Crippen molar-refractivity contribution in [3.63, 3.8) is 0 Å². The lowest BCUT2D eigenvalue weighted by molar-refractivity contribution is -0.137. The predicted octanol–water partition coefficient (Wildman–Crippen LogP) is 3.28. The molecule has 1 aliphatic heterocycles. The first kappa shape index (κ1) is 25.4. The van der Waals surface area contributed by atoms with Crippen LogP contribution in [0.5, 0.6) is 0 Å². The number of hydrogen-bond acceptors (Lipinski definition) is 4. The molecule has 2 N–H and O–H groups in total. The van der Waals surface area contributed by atoms with Gasteiger partial charge in [-0.25, -0.2) is 0 Å². The second-order valence-electron chi connectivity index (χ2n) is 7.63. The van der Waals surface area contributed by atoms with Gasteiger partial charge in [0.2, 0.25) is 0 Å². The molecule has 1 fully saturated rings. The normalized spacial score (nSPS) is 17.8. The Labute approximate surface area is 183 Å². The SMILES string of the molecule is CCNC(=NCCCCOCCOC)NC1CCN(Cc2ccc(C(F)(F)F)cc2)C1. The highest BCUT2D eigenvalue weighted by Gasteiger charge is 2.30. The van der Waals surface area contributed by atoms with Gasteiger partial charge < -0.3 is 20.1 Å². The molecule has 9 heteroatoms. The van der Waals surface area contributed by atoms with Gasteiger partial charge in [0, 0.05) is 52.5 Å². The van der Waals surface area contributed by atoms with Crippen LogP contribution in [0.15, 0.2) is 29.3 Å². The second kappa shape index (κ2) is 13.5. The number of rotatable bonds is 12. The molecule has 1 aromatic rings. The van der Waals surface area contributed by atoms with Crippen molar-refractivity contribution in [3.8, 4) is 0 Å². The Balaban J connectivity index is 1.72. The molecule has 1 aromatic carbocycles. The molecule has 31 heavy (non-hydrogen) atoms. The molecule has 0 spiro atoms. The summed E-state index contributed by atoms with van der Waals surface area (Å²) in [5, 5.41) is 6.76. The standard InChI is InChI=1S/C22H35F3N4O2/c1-3-26-21(27-11-4-5-13-31-15-14-30-2)28-20-10-12-29(17-20)16-18-6-8-19(9-7-18)22(23,24)25/h6-9,20H,3-5,10-17H2,1-2H3,(H2,26,27,28). The average molecular weight is 445 g/mol. The van der Waals surface area contributed by atoms with Gasteiger partial charge in [-0.1, -0.05) is 12.1 Å². The van der Waals surface area contributed by atoms with Crippen molar-refractivity contribution >= 4 is 5.96 Å². The maximum Gasteiger partial charge on any atom is 0.416 e. The Bertz CT molecular complexity index is 653. The van der Waals surface area contributed by atoms with E-state index in [9.17, 15) is 13.2 Å². The van der Waals surface area contributed by atoms with E-state index in [-0.39, 0.29) is 6.04 Å². The van der Waals surface area contributed by atoms with Crippen LogP contribution in [0.1, 0.15) is 37.3 Å². The minimum Gasteiger partial charge on any atom is -0.382 e. The van der Waals surface area contributed by atoms with E-state index in [1.807, 2.05) is 6.92 Å². The lowest BCUT2D eigenvalue weighted by Gasteiger charge is -2.19. The highest BCUT2D eigenvalue weighted by molar-refractivity contribution is 5.80. The van der Waals surface area contributed by atoms with Gasteiger partial charge in [-0.05, 0) is 43.9 Å². The molecule has 1 unspecified atom stereocenters. The van der Waals surface area contributed by atoms with Crippen LogP contribution in [0.3, 0.4) is 0 Å². The van der Waals surface area contributed by atoms with Gasteiger partial charge in [0.15, 0.2) is 5.96 Å². The Morgan fingerprint density at radius 2 is 1.94 bits per heavy atom. The molecule has 0 amide bonds. The van der Waals surface area contributed by atoms with Gasteiger partial charge in [0.05, 0.1) is 18.8 Å². The Hall–Kier alpha value is -1.84. The first-order chi connectivity index (χ1) is 14.9. The third-order valence-electron chi connectivity index (χ3n) is 5.04. The molecular formula is C22H35F3N4O2. The van der Waals surface area contributed by atoms with E-state index in [1.54, 1.807) is 19.2 Å². The van der Waals surface area contributed by atoms with Crippen molar-refractivity contribution < 1.29 is 22.6 Å². The number of benzene rings is 1. The number of methoxy groups -OCH3 is 1. The molecule has 6 nitrogen and oxygen atoms in total. The molecule has 1 heterocycles. The third-order valence-corrected chi connectivity index (χ3v) is 5.04. The quantitative estimate of drug-likeness (QED) is 0.294. The fraction of sp³-hybridized carbons (Fsp3) is 0.682. The molecule has 1 aliphatic rings. The van der Waals surface area contributed by atoms with Gasteiger partial charge in [-0.2, -0.15) is 13.2 Å². The van der Waals surface area contributed by atoms with Gasteiger partial charge >= 0.3 is 6.18 Å². The molecule has 0 aliphatic carbocycles. The topological polar surface area (TPSA) is 58.1 Å². The number of halogens is 3. The summed E-state index contributed by atoms with van der Waals surface area (Å²) < 4.78 is 48.5. The van der Waals surface area contributed by atoms with E-state index >= 15 is 0 Å². The first-order valence-electron chi connectivity index (χ1n) is 10.9. The van der Waals surface area contributed by atoms with E-state index in [4.69, 9.17) is 9.47 Å². The largest absolute Gasteiger partial charge is 0.416 e. The van der Waals surface area contributed by atoms with Crippen molar-refractivity contribution in [2.75, 3.05) is 53.1 Å². The number of unbranched alkanes of at least 4 members (excludes halogenated alkanes) is 1. The predicted molar refractivity (Wildman–Crippen MR) is 116 cm³/mol. The summed E-state index contributed by atoms with van der Waals surface area (Å²) in [5.74, 6) is 0.809. The molecule has 0 radical (unpaired) electrons. The molecule has 0 bridgehead atoms. The van der Waals surface area contributed by atoms with Crippen LogP contribution in [-0.2, 0) is 22.2 Å². The van der Waals surface area contributed by atoms with Crippen LogP contribution >= 0.6 is 0 Å². The van der Waals surface area contributed by atoms with Crippen LogP contribution in [-0.4, -0.2) is 70.0 Å². The monoisotopic (exact) mass is 444 g/mol. The van der Waals surface area contributed by atoms with Crippen LogP contribution in [0.25, 0.3) is 0 Å². The summed E-state index contributed by atoms with van der Waals surface area (Å²) in [6.07, 6.45) is -1.41. The number of hydrogen-bond donors (Lipinski definition) is 2. The number of nitrogens with one attached hydrogen (secondary N) is 2. The van der Waals surface area contributed by atoms with Crippen molar-refractivity contribution in [1.29, 1.82) is 0 Å². The fourth-order valence-corrected chi connectivity index (χ4v) is 3.42. The van der Waals surface area contributed by atoms with Crippen LogP contribution < -0.4 is 10.6 Å². The summed E-state index contributed by atoms with van der Waals surface area (Å²) in [7, 11) is 1.66. The molecular weight excluding hydrogens is 409 g/mol. The van der Waals surface area contributed by atoms with Crippen molar-refractivity contribution in [1.82, 2.24) is 15.5 Å². The number of ether oxygens (including phenoxy) is 2. The summed E-state index contributed by atoms with van der Waals surface area (Å²) in [5.41, 5.74) is 0.284. The Kier molecular flexibility index (Phi) is 11.1. The number of likely N-dealkylation sites (tertiary alicyclic amines) is 1. The maximum absolute atomic E-state index is 12.7.